The molecule has 4 aromatic rings. The van der Waals surface area contributed by atoms with Crippen molar-refractivity contribution < 1.29 is 9.53 Å². The van der Waals surface area contributed by atoms with Crippen molar-refractivity contribution in [2.45, 2.75) is 30.7 Å². The van der Waals surface area contributed by atoms with E-state index in [1.807, 2.05) is 18.2 Å². The lowest BCUT2D eigenvalue weighted by Gasteiger charge is -2.17. The Labute approximate surface area is 203 Å². The molecular formula is C29H26N4O2. The van der Waals surface area contributed by atoms with Gasteiger partial charge in [0.05, 0.1) is 23.7 Å². The molecule has 6 heteroatoms. The van der Waals surface area contributed by atoms with Crippen molar-refractivity contribution in [3.8, 4) is 5.75 Å². The Kier molecular flexibility index (Phi) is 4.42. The third-order valence-electron chi connectivity index (χ3n) is 7.89. The summed E-state index contributed by atoms with van der Waals surface area (Å²) in [6.07, 6.45) is 6.09. The first-order valence-corrected chi connectivity index (χ1v) is 12.1. The highest BCUT2D eigenvalue weighted by Crippen LogP contribution is 2.65. The van der Waals surface area contributed by atoms with Crippen molar-refractivity contribution in [1.29, 1.82) is 0 Å². The van der Waals surface area contributed by atoms with Crippen LogP contribution in [-0.4, -0.2) is 29.8 Å². The van der Waals surface area contributed by atoms with Crippen molar-refractivity contribution in [3.05, 3.63) is 88.1 Å². The number of nitrogens with one attached hydrogen (secondary N) is 3. The highest BCUT2D eigenvalue weighted by atomic mass is 16.5. The zero-order chi connectivity index (χ0) is 23.6. The van der Waals surface area contributed by atoms with Gasteiger partial charge in [-0.2, -0.15) is 5.10 Å². The second-order valence-corrected chi connectivity index (χ2v) is 9.80. The zero-order valence-electron chi connectivity index (χ0n) is 19.5. The first-order chi connectivity index (χ1) is 17.2. The number of carbonyl (C=O) groups is 1. The first-order valence-electron chi connectivity index (χ1n) is 12.1. The molecule has 1 fully saturated rings. The summed E-state index contributed by atoms with van der Waals surface area (Å²) in [5, 5.41) is 15.3. The summed E-state index contributed by atoms with van der Waals surface area (Å²) in [6, 6.07) is 18.9. The Bertz CT molecular complexity index is 1540. The number of H-pyrrole nitrogens is 1. The van der Waals surface area contributed by atoms with E-state index in [0.29, 0.717) is 0 Å². The van der Waals surface area contributed by atoms with Gasteiger partial charge in [0.25, 0.3) is 0 Å². The molecule has 3 aliphatic rings. The van der Waals surface area contributed by atoms with E-state index in [9.17, 15) is 4.79 Å². The maximum absolute atomic E-state index is 13.0. The van der Waals surface area contributed by atoms with E-state index in [-0.39, 0.29) is 11.8 Å². The number of aromatic amines is 1. The summed E-state index contributed by atoms with van der Waals surface area (Å²) in [6.45, 7) is 1.99. The van der Waals surface area contributed by atoms with Crippen molar-refractivity contribution in [2.24, 2.45) is 0 Å². The van der Waals surface area contributed by atoms with Gasteiger partial charge >= 0.3 is 0 Å². The summed E-state index contributed by atoms with van der Waals surface area (Å²) in [7, 11) is 1.66. The van der Waals surface area contributed by atoms with Gasteiger partial charge < -0.3 is 15.4 Å². The largest absolute Gasteiger partial charge is 0.497 e. The number of hydrogen-bond donors (Lipinski definition) is 3. The van der Waals surface area contributed by atoms with Crippen molar-refractivity contribution >= 4 is 34.6 Å². The van der Waals surface area contributed by atoms with Gasteiger partial charge in [0.1, 0.15) is 5.75 Å². The minimum Gasteiger partial charge on any atom is -0.497 e. The van der Waals surface area contributed by atoms with Crippen LogP contribution in [0.3, 0.4) is 0 Å². The van der Waals surface area contributed by atoms with Crippen LogP contribution in [0.4, 0.5) is 5.69 Å². The molecule has 35 heavy (non-hydrogen) atoms. The molecule has 3 aromatic carbocycles. The highest BCUT2D eigenvalue weighted by Gasteiger charge is 2.65. The average molecular weight is 463 g/mol. The van der Waals surface area contributed by atoms with Crippen LogP contribution in [-0.2, 0) is 23.2 Å². The maximum Gasteiger partial charge on any atom is 0.235 e. The van der Waals surface area contributed by atoms with Gasteiger partial charge in [-0.1, -0.05) is 36.4 Å². The Balaban J connectivity index is 1.17. The van der Waals surface area contributed by atoms with Crippen molar-refractivity contribution in [2.75, 3.05) is 19.0 Å². The zero-order valence-corrected chi connectivity index (χ0v) is 19.5. The van der Waals surface area contributed by atoms with Crippen molar-refractivity contribution in [3.63, 3.8) is 0 Å². The molecule has 1 amide bonds. The second kappa shape index (κ2) is 7.55. The number of benzene rings is 3. The first kappa shape index (κ1) is 20.5. The molecule has 1 aromatic heterocycles. The maximum atomic E-state index is 13.0. The molecule has 6 nitrogen and oxygen atoms in total. The number of hydrogen-bond acceptors (Lipinski definition) is 4. The van der Waals surface area contributed by atoms with Crippen LogP contribution in [0.2, 0.25) is 0 Å². The van der Waals surface area contributed by atoms with E-state index in [2.05, 4.69) is 69.4 Å². The van der Waals surface area contributed by atoms with Gasteiger partial charge in [0.2, 0.25) is 5.91 Å². The van der Waals surface area contributed by atoms with Gasteiger partial charge in [-0.3, -0.25) is 9.89 Å². The molecular weight excluding hydrogens is 436 g/mol. The summed E-state index contributed by atoms with van der Waals surface area (Å²) in [5.41, 5.74) is 8.50. The predicted octanol–water partition coefficient (Wildman–Crippen LogP) is 4.77. The lowest BCUT2D eigenvalue weighted by atomic mass is 9.91. The van der Waals surface area contributed by atoms with E-state index in [1.165, 1.54) is 16.7 Å². The third-order valence-corrected chi connectivity index (χ3v) is 7.89. The number of nitrogens with zero attached hydrogens (tertiary/aromatic N) is 1. The highest BCUT2D eigenvalue weighted by molar-refractivity contribution is 6.10. The topological polar surface area (TPSA) is 79.0 Å². The van der Waals surface area contributed by atoms with E-state index < -0.39 is 5.41 Å². The molecule has 2 atom stereocenters. The van der Waals surface area contributed by atoms with Crippen LogP contribution in [0.5, 0.6) is 5.75 Å². The lowest BCUT2D eigenvalue weighted by Crippen LogP contribution is -2.23. The predicted molar refractivity (Wildman–Crippen MR) is 138 cm³/mol. The van der Waals surface area contributed by atoms with Crippen LogP contribution in [0.1, 0.15) is 45.8 Å². The van der Waals surface area contributed by atoms with Gasteiger partial charge in [-0.15, -0.1) is 0 Å². The fraction of sp³-hybridized carbons (Fsp3) is 0.241. The van der Waals surface area contributed by atoms with Gasteiger partial charge in [0.15, 0.2) is 0 Å². The third kappa shape index (κ3) is 3.13. The number of anilines is 1. The number of ether oxygens (including phenoxy) is 1. The SMILES string of the molecule is COc1ccc2c(c1)[C@]1(C[C@H]1c1ccc3c(C=Cc4ccc5c(c4)CNCC5)n[nH]c3c1)C(=O)N2. The monoisotopic (exact) mass is 462 g/mol. The molecule has 0 saturated heterocycles. The summed E-state index contributed by atoms with van der Waals surface area (Å²) in [4.78, 5) is 13.0. The molecule has 0 unspecified atom stereocenters. The number of fused-ring (bicyclic) bond motifs is 4. The molecule has 3 heterocycles. The average Bonchev–Trinajstić information content (AvgIpc) is 3.44. The number of aromatic nitrogens is 2. The normalized spacial score (nSPS) is 22.4. The minimum atomic E-state index is -0.498. The van der Waals surface area contributed by atoms with Crippen LogP contribution in [0.25, 0.3) is 23.1 Å². The summed E-state index contributed by atoms with van der Waals surface area (Å²) in [5.74, 6) is 1.01. The van der Waals surface area contributed by atoms with E-state index in [1.54, 1.807) is 7.11 Å². The summed E-state index contributed by atoms with van der Waals surface area (Å²) < 4.78 is 5.42. The lowest BCUT2D eigenvalue weighted by molar-refractivity contribution is -0.118. The standard InChI is InChI=1S/C29H26N4O2/c1-35-21-6-9-26-23(14-21)29(28(34)31-26)15-24(29)19-5-7-22-25(32-33-27(22)13-19)8-3-17-2-4-18-10-11-30-16-20(18)12-17/h2-9,12-14,24,30H,10-11,15-16H2,1H3,(H,31,34)(H,32,33)/t24-,29-/m0/s1. The van der Waals surface area contributed by atoms with Gasteiger partial charge in [-0.05, 0) is 77.5 Å². The Morgan fingerprint density at radius 3 is 2.91 bits per heavy atom. The van der Waals surface area contributed by atoms with Crippen molar-refractivity contribution in [1.82, 2.24) is 15.5 Å². The van der Waals surface area contributed by atoms with Gasteiger partial charge in [0, 0.05) is 23.5 Å². The fourth-order valence-corrected chi connectivity index (χ4v) is 5.88. The van der Waals surface area contributed by atoms with Crippen LogP contribution in [0, 0.1) is 0 Å². The van der Waals surface area contributed by atoms with Crippen LogP contribution in [0.15, 0.2) is 54.6 Å². The van der Waals surface area contributed by atoms with Gasteiger partial charge in [-0.25, -0.2) is 0 Å². The van der Waals surface area contributed by atoms with Crippen LogP contribution >= 0.6 is 0 Å². The number of rotatable bonds is 4. The Hall–Kier alpha value is -3.90. The molecule has 0 bridgehead atoms. The molecule has 7 rings (SSSR count). The Morgan fingerprint density at radius 2 is 2.00 bits per heavy atom. The van der Waals surface area contributed by atoms with E-state index in [0.717, 1.165) is 65.1 Å². The second-order valence-electron chi connectivity index (χ2n) is 9.80. The molecule has 174 valence electrons. The molecule has 1 spiro atoms. The quantitative estimate of drug-likeness (QED) is 0.408. The Morgan fingerprint density at radius 1 is 1.06 bits per heavy atom. The summed E-state index contributed by atoms with van der Waals surface area (Å²) >= 11 is 0. The molecule has 2 aliphatic heterocycles. The number of methoxy groups -OCH3 is 1. The minimum absolute atomic E-state index is 0.0827. The van der Waals surface area contributed by atoms with E-state index >= 15 is 0 Å². The van der Waals surface area contributed by atoms with Crippen LogP contribution < -0.4 is 15.4 Å². The van der Waals surface area contributed by atoms with E-state index in [4.69, 9.17) is 4.74 Å². The molecule has 1 aliphatic carbocycles. The smallest absolute Gasteiger partial charge is 0.235 e. The fourth-order valence-electron chi connectivity index (χ4n) is 5.88. The molecule has 1 saturated carbocycles. The number of amides is 1. The molecule has 3 N–H and O–H groups in total. The molecule has 0 radical (unpaired) electrons. The number of carbonyl (C=O) groups excluding carboxylic acids is 1.